The number of benzene rings is 4. The van der Waals surface area contributed by atoms with Gasteiger partial charge in [-0.1, -0.05) is 73.5 Å². The summed E-state index contributed by atoms with van der Waals surface area (Å²) in [5.74, 6) is 0.192. The summed E-state index contributed by atoms with van der Waals surface area (Å²) < 4.78 is 30.1. The Bertz CT molecular complexity index is 1670. The Labute approximate surface area is 310 Å². The SMILES string of the molecule is O=[N+]([O-])c1ccc(OCc2ccccc2)cc1F.O=[N+]([O-])c1ccc(OCc2ccccc2)cc1OCCN1CCCCC1.OCCN1CCCCC1. The van der Waals surface area contributed by atoms with Gasteiger partial charge in [0.1, 0.15) is 31.3 Å². The fraction of sp³-hybridized carbons (Fsp3) is 0.400. The van der Waals surface area contributed by atoms with Crippen molar-refractivity contribution in [3.8, 4) is 17.2 Å². The van der Waals surface area contributed by atoms with Gasteiger partial charge in [0.25, 0.3) is 0 Å². The highest BCUT2D eigenvalue weighted by Crippen LogP contribution is 2.31. The largest absolute Gasteiger partial charge is 0.489 e. The van der Waals surface area contributed by atoms with Crippen molar-refractivity contribution in [2.45, 2.75) is 51.7 Å². The number of hydrogen-bond donors (Lipinski definition) is 1. The predicted molar refractivity (Wildman–Crippen MR) is 201 cm³/mol. The summed E-state index contributed by atoms with van der Waals surface area (Å²) in [6, 6.07) is 27.3. The van der Waals surface area contributed by atoms with E-state index in [1.165, 1.54) is 63.7 Å². The zero-order chi connectivity index (χ0) is 37.7. The molecule has 2 aliphatic heterocycles. The van der Waals surface area contributed by atoms with E-state index in [2.05, 4.69) is 9.80 Å². The number of ether oxygens (including phenoxy) is 3. The molecule has 0 unspecified atom stereocenters. The molecule has 0 saturated carbocycles. The van der Waals surface area contributed by atoms with E-state index in [4.69, 9.17) is 19.3 Å². The van der Waals surface area contributed by atoms with Crippen LogP contribution in [0.4, 0.5) is 15.8 Å². The van der Waals surface area contributed by atoms with Gasteiger partial charge in [0, 0.05) is 37.4 Å². The highest BCUT2D eigenvalue weighted by Gasteiger charge is 2.18. The van der Waals surface area contributed by atoms with Gasteiger partial charge in [-0.05, 0) is 75.1 Å². The fourth-order valence-corrected chi connectivity index (χ4v) is 5.85. The summed E-state index contributed by atoms with van der Waals surface area (Å²) in [6.07, 6.45) is 7.72. The lowest BCUT2D eigenvalue weighted by Gasteiger charge is -2.26. The van der Waals surface area contributed by atoms with Gasteiger partial charge in [0.2, 0.25) is 11.6 Å². The van der Waals surface area contributed by atoms with Gasteiger partial charge < -0.3 is 24.2 Å². The first-order valence-corrected chi connectivity index (χ1v) is 18.1. The van der Waals surface area contributed by atoms with Gasteiger partial charge in [0.15, 0.2) is 0 Å². The minimum atomic E-state index is -0.898. The predicted octanol–water partition coefficient (Wildman–Crippen LogP) is 7.82. The minimum Gasteiger partial charge on any atom is -0.489 e. The molecule has 0 aromatic heterocycles. The van der Waals surface area contributed by atoms with E-state index in [0.717, 1.165) is 49.4 Å². The highest BCUT2D eigenvalue weighted by molar-refractivity contribution is 5.50. The van der Waals surface area contributed by atoms with Crippen LogP contribution in [0, 0.1) is 26.0 Å². The van der Waals surface area contributed by atoms with E-state index in [0.29, 0.717) is 25.6 Å². The Morgan fingerprint density at radius 3 is 1.55 bits per heavy atom. The average molecular weight is 733 g/mol. The van der Waals surface area contributed by atoms with Crippen LogP contribution in [-0.2, 0) is 13.2 Å². The smallest absolute Gasteiger partial charge is 0.311 e. The maximum absolute atomic E-state index is 13.3. The molecule has 1 N–H and O–H groups in total. The van der Waals surface area contributed by atoms with E-state index < -0.39 is 21.4 Å². The molecule has 2 saturated heterocycles. The molecule has 13 heteroatoms. The van der Waals surface area contributed by atoms with Crippen LogP contribution in [0.3, 0.4) is 0 Å². The number of hydrogen-bond acceptors (Lipinski definition) is 10. The molecule has 0 atom stereocenters. The number of nitro groups is 2. The summed E-state index contributed by atoms with van der Waals surface area (Å²) in [6.45, 7) is 7.65. The summed E-state index contributed by atoms with van der Waals surface area (Å²) in [7, 11) is 0. The second-order valence-corrected chi connectivity index (χ2v) is 12.7. The van der Waals surface area contributed by atoms with Crippen molar-refractivity contribution in [3.05, 3.63) is 134 Å². The molecule has 0 radical (unpaired) electrons. The molecular formula is C40H49FN4O8. The van der Waals surface area contributed by atoms with Crippen LogP contribution in [0.15, 0.2) is 97.1 Å². The van der Waals surface area contributed by atoms with E-state index in [-0.39, 0.29) is 23.8 Å². The van der Waals surface area contributed by atoms with Crippen molar-refractivity contribution in [2.75, 3.05) is 52.5 Å². The lowest BCUT2D eigenvalue weighted by Crippen LogP contribution is -2.33. The molecule has 53 heavy (non-hydrogen) atoms. The zero-order valence-electron chi connectivity index (χ0n) is 30.0. The molecule has 12 nitrogen and oxygen atoms in total. The number of aliphatic hydroxyl groups is 1. The van der Waals surface area contributed by atoms with Gasteiger partial charge in [-0.3, -0.25) is 25.1 Å². The number of aliphatic hydroxyl groups excluding tert-OH is 1. The van der Waals surface area contributed by atoms with Crippen LogP contribution >= 0.6 is 0 Å². The van der Waals surface area contributed by atoms with E-state index in [9.17, 15) is 24.6 Å². The van der Waals surface area contributed by atoms with Crippen LogP contribution in [-0.4, -0.2) is 77.2 Å². The molecule has 0 amide bonds. The van der Waals surface area contributed by atoms with E-state index in [1.54, 1.807) is 12.1 Å². The molecule has 0 bridgehead atoms. The molecule has 0 spiro atoms. The number of nitro benzene ring substituents is 2. The molecular weight excluding hydrogens is 683 g/mol. The maximum Gasteiger partial charge on any atom is 0.311 e. The summed E-state index contributed by atoms with van der Waals surface area (Å²) in [5, 5.41) is 30.3. The third-order valence-electron chi connectivity index (χ3n) is 8.72. The first kappa shape index (κ1) is 40.7. The van der Waals surface area contributed by atoms with E-state index >= 15 is 0 Å². The lowest BCUT2D eigenvalue weighted by atomic mass is 10.1. The van der Waals surface area contributed by atoms with Crippen molar-refractivity contribution < 1.29 is 33.6 Å². The molecule has 2 aliphatic rings. The highest BCUT2D eigenvalue weighted by atomic mass is 19.1. The quantitative estimate of drug-likeness (QED) is 0.101. The van der Waals surface area contributed by atoms with Gasteiger partial charge in [-0.2, -0.15) is 4.39 Å². The van der Waals surface area contributed by atoms with Crippen molar-refractivity contribution in [1.82, 2.24) is 9.80 Å². The zero-order valence-corrected chi connectivity index (χ0v) is 30.0. The third kappa shape index (κ3) is 14.8. The second-order valence-electron chi connectivity index (χ2n) is 12.7. The van der Waals surface area contributed by atoms with Crippen molar-refractivity contribution in [3.63, 3.8) is 0 Å². The molecule has 284 valence electrons. The third-order valence-corrected chi connectivity index (χ3v) is 8.72. The molecule has 4 aromatic rings. The Kier molecular flexibility index (Phi) is 17.4. The number of rotatable bonds is 14. The normalized spacial score (nSPS) is 14.5. The second kappa shape index (κ2) is 22.7. The van der Waals surface area contributed by atoms with Gasteiger partial charge in [-0.15, -0.1) is 0 Å². The first-order chi connectivity index (χ1) is 25.8. The van der Waals surface area contributed by atoms with Crippen LogP contribution in [0.2, 0.25) is 0 Å². The Hall–Kier alpha value is -5.11. The summed E-state index contributed by atoms with van der Waals surface area (Å²) >= 11 is 0. The van der Waals surface area contributed by atoms with Crippen molar-refractivity contribution >= 4 is 11.4 Å². The molecule has 0 aliphatic carbocycles. The average Bonchev–Trinajstić information content (AvgIpc) is 3.18. The standard InChI is InChI=1S/C20H24N2O4.C13H10FNO3.C7H15NO/c23-22(24)19-10-9-18(26-16-17-7-3-1-4-8-17)15-20(19)25-14-13-21-11-5-2-6-12-21;14-12-8-11(6-7-13(12)15(16)17)18-9-10-4-2-1-3-5-10;9-7-6-8-4-2-1-3-5-8/h1,3-4,7-10,15H,2,5-6,11-14,16H2;1-8H,9H2;9H,1-7H2. The van der Waals surface area contributed by atoms with Crippen LogP contribution in [0.1, 0.15) is 49.7 Å². The topological polar surface area (TPSA) is 141 Å². The van der Waals surface area contributed by atoms with Crippen LogP contribution < -0.4 is 14.2 Å². The van der Waals surface area contributed by atoms with Crippen LogP contribution in [0.5, 0.6) is 17.2 Å². The summed E-state index contributed by atoms with van der Waals surface area (Å²) in [4.78, 5) is 25.2. The molecule has 2 heterocycles. The molecule has 4 aromatic carbocycles. The molecule has 6 rings (SSSR count). The molecule has 2 fully saturated rings. The van der Waals surface area contributed by atoms with E-state index in [1.807, 2.05) is 60.7 Å². The number of β-amino-alcohol motifs (C(OH)–C–C–N with tert-alkyl or cyclic N) is 1. The number of halogens is 1. The minimum absolute atomic E-state index is 0.0318. The van der Waals surface area contributed by atoms with Gasteiger partial charge >= 0.3 is 11.4 Å². The number of nitrogens with zero attached hydrogens (tertiary/aromatic N) is 4. The van der Waals surface area contributed by atoms with Gasteiger partial charge in [-0.25, -0.2) is 0 Å². The van der Waals surface area contributed by atoms with Crippen molar-refractivity contribution in [2.24, 2.45) is 0 Å². The van der Waals surface area contributed by atoms with Crippen molar-refractivity contribution in [1.29, 1.82) is 0 Å². The fourth-order valence-electron chi connectivity index (χ4n) is 5.85. The lowest BCUT2D eigenvalue weighted by molar-refractivity contribution is -0.387. The Balaban J connectivity index is 0.000000200. The number of piperidine rings is 2. The Morgan fingerprint density at radius 1 is 0.604 bits per heavy atom. The van der Waals surface area contributed by atoms with Gasteiger partial charge in [0.05, 0.1) is 16.5 Å². The summed E-state index contributed by atoms with van der Waals surface area (Å²) in [5.41, 5.74) is 1.40. The first-order valence-electron chi connectivity index (χ1n) is 18.1. The monoisotopic (exact) mass is 732 g/mol. The Morgan fingerprint density at radius 2 is 1.08 bits per heavy atom. The number of likely N-dealkylation sites (tertiary alicyclic amines) is 2. The van der Waals surface area contributed by atoms with Crippen LogP contribution in [0.25, 0.3) is 0 Å². The maximum atomic E-state index is 13.3.